The molecule has 0 unspecified atom stereocenters. The number of halogens is 1. The van der Waals surface area contributed by atoms with Crippen LogP contribution in [0.25, 0.3) is 10.6 Å². The maximum atomic E-state index is 12.3. The number of H-pyrrole nitrogens is 1. The lowest BCUT2D eigenvalue weighted by molar-refractivity contribution is 0.238. The molecule has 0 atom stereocenters. The number of benzene rings is 1. The summed E-state index contributed by atoms with van der Waals surface area (Å²) in [6.45, 7) is 1.70. The van der Waals surface area contributed by atoms with Gasteiger partial charge in [-0.05, 0) is 12.1 Å². The second-order valence-corrected chi connectivity index (χ2v) is 9.91. The zero-order chi connectivity index (χ0) is 19.9. The summed E-state index contributed by atoms with van der Waals surface area (Å²) in [5.41, 5.74) is 2.62. The van der Waals surface area contributed by atoms with Gasteiger partial charge in [-0.3, -0.25) is 14.7 Å². The summed E-state index contributed by atoms with van der Waals surface area (Å²) in [6.07, 6.45) is 1.56. The maximum Gasteiger partial charge on any atom is 0.256 e. The number of nitrogens with zero attached hydrogens (tertiary/aromatic N) is 3. The minimum Gasteiger partial charge on any atom is -0.297 e. The van der Waals surface area contributed by atoms with Crippen molar-refractivity contribution in [3.8, 4) is 10.6 Å². The molecule has 4 rings (SSSR count). The van der Waals surface area contributed by atoms with Gasteiger partial charge in [-0.25, -0.2) is 18.4 Å². The molecule has 7 nitrogen and oxygen atoms in total. The first-order valence-electron chi connectivity index (χ1n) is 8.54. The Morgan fingerprint density at radius 3 is 2.71 bits per heavy atom. The van der Waals surface area contributed by atoms with Crippen LogP contribution >= 0.6 is 22.9 Å². The van der Waals surface area contributed by atoms with Crippen LogP contribution < -0.4 is 5.56 Å². The highest BCUT2D eigenvalue weighted by Gasteiger charge is 2.24. The van der Waals surface area contributed by atoms with E-state index in [0.717, 1.165) is 22.5 Å². The summed E-state index contributed by atoms with van der Waals surface area (Å²) in [5.74, 6) is 0. The third kappa shape index (κ3) is 4.02. The quantitative estimate of drug-likeness (QED) is 0.631. The van der Waals surface area contributed by atoms with Gasteiger partial charge in [0, 0.05) is 48.3 Å². The minimum absolute atomic E-state index is 0.267. The molecule has 0 bridgehead atoms. The molecule has 1 aromatic carbocycles. The van der Waals surface area contributed by atoms with Crippen LogP contribution in [-0.2, 0) is 29.3 Å². The molecule has 0 fully saturated rings. The summed E-state index contributed by atoms with van der Waals surface area (Å²) in [6, 6.07) is 7.55. The highest BCUT2D eigenvalue weighted by molar-refractivity contribution is 7.90. The zero-order valence-corrected chi connectivity index (χ0v) is 17.4. The van der Waals surface area contributed by atoms with Gasteiger partial charge in [-0.2, -0.15) is 0 Å². The lowest BCUT2D eigenvalue weighted by Crippen LogP contribution is -2.36. The standard InChI is InChI=1S/C18H17ClN4O3S2/c1-28(25,26)18-21-15-6-7-23(9-14(15)16(24)22-18)8-13-10-27-17(20-13)11-2-4-12(19)5-3-11/h2-5,10H,6-9H2,1H3,(H,21,22,24). The summed E-state index contributed by atoms with van der Waals surface area (Å²) in [5, 5.41) is 3.35. The second kappa shape index (κ2) is 7.40. The van der Waals surface area contributed by atoms with Crippen molar-refractivity contribution in [3.63, 3.8) is 0 Å². The predicted molar refractivity (Wildman–Crippen MR) is 108 cm³/mol. The Balaban J connectivity index is 1.51. The van der Waals surface area contributed by atoms with Gasteiger partial charge in [-0.1, -0.05) is 23.7 Å². The first-order valence-corrected chi connectivity index (χ1v) is 11.7. The number of sulfone groups is 1. The highest BCUT2D eigenvalue weighted by Crippen LogP contribution is 2.26. The summed E-state index contributed by atoms with van der Waals surface area (Å²) < 4.78 is 23.3. The van der Waals surface area contributed by atoms with Gasteiger partial charge in [-0.15, -0.1) is 11.3 Å². The minimum atomic E-state index is -3.54. The van der Waals surface area contributed by atoms with Crippen molar-refractivity contribution in [2.24, 2.45) is 0 Å². The molecule has 10 heteroatoms. The molecule has 0 saturated carbocycles. The van der Waals surface area contributed by atoms with E-state index in [1.165, 1.54) is 0 Å². The van der Waals surface area contributed by atoms with E-state index < -0.39 is 15.4 Å². The van der Waals surface area contributed by atoms with Crippen LogP contribution in [0.5, 0.6) is 0 Å². The fourth-order valence-corrected chi connectivity index (χ4v) is 4.60. The van der Waals surface area contributed by atoms with Gasteiger partial charge >= 0.3 is 0 Å². The smallest absolute Gasteiger partial charge is 0.256 e. The summed E-state index contributed by atoms with van der Waals surface area (Å²) in [7, 11) is -3.54. The molecule has 3 aromatic rings. The van der Waals surface area contributed by atoms with Gasteiger partial charge in [0.05, 0.1) is 17.0 Å². The van der Waals surface area contributed by atoms with Gasteiger partial charge in [0.15, 0.2) is 0 Å². The fourth-order valence-electron chi connectivity index (χ4n) is 3.10. The van der Waals surface area contributed by atoms with Crippen molar-refractivity contribution in [3.05, 3.63) is 62.0 Å². The number of hydrogen-bond donors (Lipinski definition) is 1. The number of hydrogen-bond acceptors (Lipinski definition) is 7. The van der Waals surface area contributed by atoms with Crippen LogP contribution in [0.1, 0.15) is 17.0 Å². The number of aromatic amines is 1. The van der Waals surface area contributed by atoms with E-state index in [9.17, 15) is 13.2 Å². The van der Waals surface area contributed by atoms with Gasteiger partial charge in [0.1, 0.15) is 5.01 Å². The first kappa shape index (κ1) is 19.3. The lowest BCUT2D eigenvalue weighted by atomic mass is 10.1. The molecule has 0 aliphatic carbocycles. The SMILES string of the molecule is CS(=O)(=O)c1nc2c(c(=O)[nH]1)CN(Cc1csc(-c3ccc(Cl)cc3)n1)CC2. The van der Waals surface area contributed by atoms with Crippen molar-refractivity contribution in [2.75, 3.05) is 12.8 Å². The Hall–Kier alpha value is -2.07. The Bertz CT molecular complexity index is 1190. The van der Waals surface area contributed by atoms with Crippen molar-refractivity contribution in [1.82, 2.24) is 19.9 Å². The molecule has 0 amide bonds. The third-order valence-electron chi connectivity index (χ3n) is 4.51. The average Bonchev–Trinajstić information content (AvgIpc) is 3.10. The second-order valence-electron chi connectivity index (χ2n) is 6.68. The molecule has 1 aliphatic rings. The Kier molecular flexibility index (Phi) is 5.09. The predicted octanol–water partition coefficient (Wildman–Crippen LogP) is 2.51. The van der Waals surface area contributed by atoms with Gasteiger partial charge in [0.25, 0.3) is 5.56 Å². The molecule has 1 N–H and O–H groups in total. The van der Waals surface area contributed by atoms with Crippen LogP contribution in [0.3, 0.4) is 0 Å². The summed E-state index contributed by atoms with van der Waals surface area (Å²) >= 11 is 7.49. The zero-order valence-electron chi connectivity index (χ0n) is 15.0. The van der Waals surface area contributed by atoms with Gasteiger partial charge in [0.2, 0.25) is 15.0 Å². The first-order chi connectivity index (χ1) is 13.3. The largest absolute Gasteiger partial charge is 0.297 e. The molecule has 3 heterocycles. The highest BCUT2D eigenvalue weighted by atomic mass is 35.5. The summed E-state index contributed by atoms with van der Waals surface area (Å²) in [4.78, 5) is 25.7. The molecule has 146 valence electrons. The molecule has 0 saturated heterocycles. The van der Waals surface area contributed by atoms with Crippen molar-refractivity contribution in [1.29, 1.82) is 0 Å². The molecular weight excluding hydrogens is 420 g/mol. The molecule has 28 heavy (non-hydrogen) atoms. The van der Waals surface area contributed by atoms with E-state index in [0.29, 0.717) is 42.3 Å². The van der Waals surface area contributed by atoms with E-state index in [1.54, 1.807) is 11.3 Å². The third-order valence-corrected chi connectivity index (χ3v) is 6.59. The van der Waals surface area contributed by atoms with E-state index in [2.05, 4.69) is 19.9 Å². The van der Waals surface area contributed by atoms with Crippen LogP contribution in [0.2, 0.25) is 5.02 Å². The van der Waals surface area contributed by atoms with E-state index in [-0.39, 0.29) is 5.16 Å². The molecule has 0 radical (unpaired) electrons. The van der Waals surface area contributed by atoms with Crippen LogP contribution in [-0.4, -0.2) is 41.1 Å². The number of thiazole rings is 1. The van der Waals surface area contributed by atoms with E-state index >= 15 is 0 Å². The molecule has 2 aromatic heterocycles. The Morgan fingerprint density at radius 1 is 1.25 bits per heavy atom. The molecular formula is C18H17ClN4O3S2. The average molecular weight is 437 g/mol. The van der Waals surface area contributed by atoms with Gasteiger partial charge < -0.3 is 0 Å². The topological polar surface area (TPSA) is 96.0 Å². The van der Waals surface area contributed by atoms with Crippen molar-refractivity contribution in [2.45, 2.75) is 24.7 Å². The van der Waals surface area contributed by atoms with Crippen molar-refractivity contribution < 1.29 is 8.42 Å². The van der Waals surface area contributed by atoms with Crippen LogP contribution in [0, 0.1) is 0 Å². The van der Waals surface area contributed by atoms with E-state index in [1.807, 2.05) is 29.6 Å². The maximum absolute atomic E-state index is 12.3. The number of fused-ring (bicyclic) bond motifs is 1. The number of rotatable bonds is 4. The Labute approximate surface area is 171 Å². The van der Waals surface area contributed by atoms with Crippen LogP contribution in [0.15, 0.2) is 39.6 Å². The number of aromatic nitrogens is 3. The van der Waals surface area contributed by atoms with Crippen LogP contribution in [0.4, 0.5) is 0 Å². The monoisotopic (exact) mass is 436 g/mol. The fraction of sp³-hybridized carbons (Fsp3) is 0.278. The normalized spacial score (nSPS) is 14.8. The lowest BCUT2D eigenvalue weighted by Gasteiger charge is -2.26. The van der Waals surface area contributed by atoms with Crippen molar-refractivity contribution >= 4 is 32.8 Å². The Morgan fingerprint density at radius 2 is 2.00 bits per heavy atom. The van der Waals surface area contributed by atoms with E-state index in [4.69, 9.17) is 11.6 Å². The molecule has 1 aliphatic heterocycles. The molecule has 0 spiro atoms. The number of nitrogens with one attached hydrogen (secondary N) is 1.